The Hall–Kier alpha value is -2.42. The number of aliphatic hydroxyl groups is 1. The Bertz CT molecular complexity index is 755. The number of imide groups is 1. The van der Waals surface area contributed by atoms with Gasteiger partial charge in [-0.05, 0) is 48.5 Å². The van der Waals surface area contributed by atoms with Gasteiger partial charge in [-0.1, -0.05) is 18.2 Å². The van der Waals surface area contributed by atoms with Crippen molar-refractivity contribution in [2.75, 3.05) is 18.4 Å². The van der Waals surface area contributed by atoms with E-state index in [0.29, 0.717) is 6.54 Å². The maximum Gasteiger partial charge on any atom is 0.288 e. The average molecular weight is 372 g/mol. The van der Waals surface area contributed by atoms with Crippen LogP contribution in [0.2, 0.25) is 0 Å². The van der Waals surface area contributed by atoms with Crippen LogP contribution in [0.25, 0.3) is 0 Å². The van der Waals surface area contributed by atoms with Crippen LogP contribution in [-0.4, -0.2) is 39.7 Å². The van der Waals surface area contributed by atoms with Crippen LogP contribution in [0.15, 0.2) is 48.8 Å². The van der Waals surface area contributed by atoms with Gasteiger partial charge in [0.05, 0.1) is 6.10 Å². The van der Waals surface area contributed by atoms with Crippen molar-refractivity contribution in [3.05, 3.63) is 59.9 Å². The van der Waals surface area contributed by atoms with Gasteiger partial charge in [-0.3, -0.25) is 19.9 Å². The highest BCUT2D eigenvalue weighted by Crippen LogP contribution is 2.21. The summed E-state index contributed by atoms with van der Waals surface area (Å²) in [5.41, 5.74) is 2.72. The van der Waals surface area contributed by atoms with Crippen LogP contribution >= 0.6 is 11.8 Å². The maximum absolute atomic E-state index is 11.5. The van der Waals surface area contributed by atoms with E-state index in [9.17, 15) is 14.7 Å². The van der Waals surface area contributed by atoms with Crippen molar-refractivity contribution in [1.29, 1.82) is 0 Å². The summed E-state index contributed by atoms with van der Waals surface area (Å²) in [7, 11) is 0. The van der Waals surface area contributed by atoms with Gasteiger partial charge >= 0.3 is 0 Å². The zero-order valence-corrected chi connectivity index (χ0v) is 14.8. The highest BCUT2D eigenvalue weighted by molar-refractivity contribution is 8.15. The third-order valence-corrected chi connectivity index (χ3v) is 4.82. The van der Waals surface area contributed by atoms with E-state index in [-0.39, 0.29) is 11.1 Å². The Morgan fingerprint density at radius 3 is 2.69 bits per heavy atom. The van der Waals surface area contributed by atoms with Gasteiger partial charge in [-0.2, -0.15) is 0 Å². The first kappa shape index (κ1) is 18.4. The summed E-state index contributed by atoms with van der Waals surface area (Å²) in [6, 6.07) is 11.4. The second-order valence-electron chi connectivity index (χ2n) is 5.87. The molecule has 1 aliphatic rings. The minimum Gasteiger partial charge on any atom is -0.387 e. The summed E-state index contributed by atoms with van der Waals surface area (Å²) >= 11 is 0.942. The monoisotopic (exact) mass is 372 g/mol. The van der Waals surface area contributed by atoms with Crippen LogP contribution in [0.3, 0.4) is 0 Å². The number of thioether (sulfide) groups is 1. The number of hydrogen-bond donors (Lipinski definition) is 4. The molecule has 8 heteroatoms. The van der Waals surface area contributed by atoms with E-state index in [4.69, 9.17) is 0 Å². The van der Waals surface area contributed by atoms with Crippen molar-refractivity contribution in [3.63, 3.8) is 0 Å². The molecule has 2 atom stereocenters. The number of anilines is 1. The molecular weight excluding hydrogens is 352 g/mol. The zero-order chi connectivity index (χ0) is 18.4. The van der Waals surface area contributed by atoms with Crippen molar-refractivity contribution in [1.82, 2.24) is 15.6 Å². The second-order valence-corrected chi connectivity index (χ2v) is 6.95. The summed E-state index contributed by atoms with van der Waals surface area (Å²) in [6.45, 7) is 1.20. The van der Waals surface area contributed by atoms with Gasteiger partial charge in [-0.15, -0.1) is 0 Å². The molecule has 26 heavy (non-hydrogen) atoms. The Morgan fingerprint density at radius 2 is 2.04 bits per heavy atom. The number of nitrogens with zero attached hydrogens (tertiary/aromatic N) is 1. The van der Waals surface area contributed by atoms with Crippen molar-refractivity contribution in [3.8, 4) is 0 Å². The van der Waals surface area contributed by atoms with Crippen LogP contribution in [0.4, 0.5) is 10.5 Å². The predicted octanol–water partition coefficient (Wildman–Crippen LogP) is 1.67. The molecule has 4 N–H and O–H groups in total. The third-order valence-electron chi connectivity index (χ3n) is 3.94. The van der Waals surface area contributed by atoms with Crippen LogP contribution in [0, 0.1) is 0 Å². The van der Waals surface area contributed by atoms with Gasteiger partial charge in [0.15, 0.2) is 5.37 Å². The number of nitrogens with one attached hydrogen (secondary N) is 3. The van der Waals surface area contributed by atoms with Crippen molar-refractivity contribution in [2.45, 2.75) is 17.9 Å². The fraction of sp³-hybridized carbons (Fsp3) is 0.278. The summed E-state index contributed by atoms with van der Waals surface area (Å²) in [5.74, 6) is -0.319. The molecule has 2 heterocycles. The molecule has 0 saturated carbocycles. The first-order chi connectivity index (χ1) is 12.6. The number of carbonyl (C=O) groups excluding carboxylic acids is 2. The number of pyridine rings is 1. The van der Waals surface area contributed by atoms with Crippen molar-refractivity contribution < 1.29 is 14.7 Å². The van der Waals surface area contributed by atoms with E-state index in [1.165, 1.54) is 0 Å². The molecule has 0 spiro atoms. The standard InChI is InChI=1S/C18H20N4O3S/c23-15(13-2-1-8-19-10-13)11-20-9-7-12-3-5-14(6-4-12)21-17-16(24)22-18(25)26-17/h1-6,8,10,15,17,20-21,23H,7,9,11H2,(H,22,24,25)/t15-,17?/m0/s1. The van der Waals surface area contributed by atoms with Crippen LogP contribution < -0.4 is 16.0 Å². The Morgan fingerprint density at radius 1 is 1.23 bits per heavy atom. The van der Waals surface area contributed by atoms with E-state index in [1.54, 1.807) is 18.5 Å². The number of hydrogen-bond acceptors (Lipinski definition) is 7. The molecule has 1 fully saturated rings. The molecule has 3 rings (SSSR count). The molecule has 2 aromatic rings. The van der Waals surface area contributed by atoms with Gasteiger partial charge in [-0.25, -0.2) is 0 Å². The Balaban J connectivity index is 1.40. The molecule has 2 amide bonds. The Kier molecular flexibility index (Phi) is 6.21. The SMILES string of the molecule is O=C1NC(=O)C(Nc2ccc(CCNC[C@H](O)c3cccnc3)cc2)S1. The number of benzene rings is 1. The number of aliphatic hydroxyl groups excluding tert-OH is 1. The molecule has 0 radical (unpaired) electrons. The molecule has 1 aliphatic heterocycles. The maximum atomic E-state index is 11.5. The fourth-order valence-electron chi connectivity index (χ4n) is 2.53. The Labute approximate surface area is 155 Å². The molecule has 136 valence electrons. The fourth-order valence-corrected chi connectivity index (χ4v) is 3.27. The molecule has 7 nitrogen and oxygen atoms in total. The second kappa shape index (κ2) is 8.79. The lowest BCUT2D eigenvalue weighted by molar-refractivity contribution is -0.118. The first-order valence-corrected chi connectivity index (χ1v) is 9.15. The van der Waals surface area contributed by atoms with Gasteiger partial charge in [0.1, 0.15) is 0 Å². The van der Waals surface area contributed by atoms with E-state index in [0.717, 1.165) is 41.5 Å². The zero-order valence-electron chi connectivity index (χ0n) is 14.0. The number of amides is 2. The third kappa shape index (κ3) is 5.04. The van der Waals surface area contributed by atoms with Gasteiger partial charge in [0.25, 0.3) is 11.1 Å². The molecule has 1 saturated heterocycles. The molecule has 1 aromatic heterocycles. The number of aromatic nitrogens is 1. The van der Waals surface area contributed by atoms with Gasteiger partial charge < -0.3 is 15.7 Å². The summed E-state index contributed by atoms with van der Waals surface area (Å²) in [6.07, 6.45) is 3.58. The molecule has 1 unspecified atom stereocenters. The lowest BCUT2D eigenvalue weighted by Crippen LogP contribution is -2.29. The van der Waals surface area contributed by atoms with Gasteiger partial charge in [0, 0.05) is 30.2 Å². The topological polar surface area (TPSA) is 103 Å². The van der Waals surface area contributed by atoms with Gasteiger partial charge in [0.2, 0.25) is 0 Å². The summed E-state index contributed by atoms with van der Waals surface area (Å²) in [4.78, 5) is 26.7. The lowest BCUT2D eigenvalue weighted by atomic mass is 10.1. The van der Waals surface area contributed by atoms with E-state index in [1.807, 2.05) is 30.3 Å². The van der Waals surface area contributed by atoms with E-state index < -0.39 is 11.5 Å². The van der Waals surface area contributed by atoms with Crippen LogP contribution in [0.1, 0.15) is 17.2 Å². The average Bonchev–Trinajstić information content (AvgIpc) is 2.97. The highest BCUT2D eigenvalue weighted by Gasteiger charge is 2.31. The molecule has 0 aliphatic carbocycles. The van der Waals surface area contributed by atoms with Crippen molar-refractivity contribution in [2.24, 2.45) is 0 Å². The lowest BCUT2D eigenvalue weighted by Gasteiger charge is -2.12. The van der Waals surface area contributed by atoms with E-state index in [2.05, 4.69) is 20.9 Å². The number of carbonyl (C=O) groups is 2. The first-order valence-electron chi connectivity index (χ1n) is 8.27. The molecular formula is C18H20N4O3S. The van der Waals surface area contributed by atoms with Crippen LogP contribution in [-0.2, 0) is 11.2 Å². The molecule has 0 bridgehead atoms. The molecule has 1 aromatic carbocycles. The minimum atomic E-state index is -0.580. The number of rotatable bonds is 8. The largest absolute Gasteiger partial charge is 0.387 e. The predicted molar refractivity (Wildman–Crippen MR) is 101 cm³/mol. The van der Waals surface area contributed by atoms with E-state index >= 15 is 0 Å². The normalized spacial score (nSPS) is 17.8. The smallest absolute Gasteiger partial charge is 0.288 e. The highest BCUT2D eigenvalue weighted by atomic mass is 32.2. The summed E-state index contributed by atoms with van der Waals surface area (Å²) in [5, 5.41) is 17.6. The van der Waals surface area contributed by atoms with Crippen LogP contribution in [0.5, 0.6) is 0 Å². The summed E-state index contributed by atoms with van der Waals surface area (Å²) < 4.78 is 0. The quantitative estimate of drug-likeness (QED) is 0.523. The minimum absolute atomic E-state index is 0.319. The van der Waals surface area contributed by atoms with Crippen molar-refractivity contribution >= 4 is 28.6 Å².